The molecule has 0 aliphatic carbocycles. The number of rotatable bonds is 14. The van der Waals surface area contributed by atoms with Gasteiger partial charge in [-0.15, -0.1) is 0 Å². The first-order chi connectivity index (χ1) is 10.2. The molecule has 0 atom stereocenters. The van der Waals surface area contributed by atoms with Crippen molar-refractivity contribution in [3.8, 4) is 0 Å². The predicted octanol–water partition coefficient (Wildman–Crippen LogP) is 0.0765. The van der Waals surface area contributed by atoms with Crippen LogP contribution in [0.25, 0.3) is 0 Å². The molecule has 0 radical (unpaired) electrons. The fourth-order valence-electron chi connectivity index (χ4n) is 1.47. The van der Waals surface area contributed by atoms with E-state index >= 15 is 0 Å². The van der Waals surface area contributed by atoms with E-state index in [9.17, 15) is 14.4 Å². The van der Waals surface area contributed by atoms with Gasteiger partial charge in [-0.05, 0) is 0 Å². The normalized spacial score (nSPS) is 11.3. The lowest BCUT2D eigenvalue weighted by Crippen LogP contribution is -2.35. The highest BCUT2D eigenvalue weighted by atomic mass is 16.5. The molecular weight excluding hydrogens is 300 g/mol. The quantitative estimate of drug-likeness (QED) is 0.379. The first-order valence-electron chi connectivity index (χ1n) is 6.64. The van der Waals surface area contributed by atoms with E-state index in [0.29, 0.717) is 0 Å². The molecule has 0 amide bonds. The molecule has 0 aliphatic heterocycles. The Labute approximate surface area is 127 Å². The zero-order chi connectivity index (χ0) is 17.0. The molecule has 0 heterocycles. The zero-order valence-corrected chi connectivity index (χ0v) is 12.4. The SMILES string of the molecule is CC(COCCC(=O)O)(COCCC(=O)O)COCC(=O)O. The van der Waals surface area contributed by atoms with Crippen LogP contribution in [0, 0.1) is 5.41 Å². The average molecular weight is 322 g/mol. The number of carboxylic acid groups (broad SMARTS) is 3. The van der Waals surface area contributed by atoms with Gasteiger partial charge >= 0.3 is 17.9 Å². The van der Waals surface area contributed by atoms with Crippen LogP contribution in [0.4, 0.5) is 0 Å². The third-order valence-corrected chi connectivity index (χ3v) is 2.50. The molecule has 0 spiro atoms. The van der Waals surface area contributed by atoms with Gasteiger partial charge in [-0.25, -0.2) is 4.79 Å². The van der Waals surface area contributed by atoms with Crippen LogP contribution >= 0.6 is 0 Å². The van der Waals surface area contributed by atoms with E-state index in [1.807, 2.05) is 0 Å². The van der Waals surface area contributed by atoms with Crippen molar-refractivity contribution in [2.24, 2.45) is 5.41 Å². The number of hydrogen-bond acceptors (Lipinski definition) is 6. The second-order valence-electron chi connectivity index (χ2n) is 5.09. The molecule has 3 N–H and O–H groups in total. The van der Waals surface area contributed by atoms with Crippen molar-refractivity contribution in [2.45, 2.75) is 19.8 Å². The first kappa shape index (κ1) is 20.3. The third kappa shape index (κ3) is 12.1. The lowest BCUT2D eigenvalue weighted by molar-refractivity contribution is -0.146. The lowest BCUT2D eigenvalue weighted by Gasteiger charge is -2.28. The highest BCUT2D eigenvalue weighted by molar-refractivity contribution is 5.68. The first-order valence-corrected chi connectivity index (χ1v) is 6.64. The lowest BCUT2D eigenvalue weighted by atomic mass is 9.94. The van der Waals surface area contributed by atoms with Crippen molar-refractivity contribution >= 4 is 17.9 Å². The van der Waals surface area contributed by atoms with Crippen molar-refractivity contribution in [2.75, 3.05) is 39.6 Å². The number of ether oxygens (including phenoxy) is 3. The summed E-state index contributed by atoms with van der Waals surface area (Å²) in [6.07, 6.45) is -0.294. The average Bonchev–Trinajstić information content (AvgIpc) is 2.39. The summed E-state index contributed by atoms with van der Waals surface area (Å²) in [7, 11) is 0. The topological polar surface area (TPSA) is 140 Å². The zero-order valence-electron chi connectivity index (χ0n) is 12.4. The fourth-order valence-corrected chi connectivity index (χ4v) is 1.47. The van der Waals surface area contributed by atoms with Gasteiger partial charge in [0.15, 0.2) is 0 Å². The monoisotopic (exact) mass is 322 g/mol. The van der Waals surface area contributed by atoms with Crippen LogP contribution in [-0.2, 0) is 28.6 Å². The van der Waals surface area contributed by atoms with Crippen molar-refractivity contribution in [3.63, 3.8) is 0 Å². The van der Waals surface area contributed by atoms with Gasteiger partial charge in [-0.3, -0.25) is 9.59 Å². The predicted molar refractivity (Wildman–Crippen MR) is 72.7 cm³/mol. The Balaban J connectivity index is 4.23. The molecule has 128 valence electrons. The molecule has 0 rings (SSSR count). The van der Waals surface area contributed by atoms with Crippen molar-refractivity contribution < 1.29 is 43.9 Å². The summed E-state index contributed by atoms with van der Waals surface area (Å²) < 4.78 is 15.5. The van der Waals surface area contributed by atoms with E-state index in [4.69, 9.17) is 29.5 Å². The molecule has 9 heteroatoms. The number of aliphatic carboxylic acids is 3. The van der Waals surface area contributed by atoms with Crippen molar-refractivity contribution in [1.82, 2.24) is 0 Å². The van der Waals surface area contributed by atoms with Gasteiger partial charge in [-0.1, -0.05) is 6.92 Å². The van der Waals surface area contributed by atoms with Gasteiger partial charge in [-0.2, -0.15) is 0 Å². The summed E-state index contributed by atoms with van der Waals surface area (Å²) in [5.41, 5.74) is -0.702. The maximum absolute atomic E-state index is 10.4. The van der Waals surface area contributed by atoms with Crippen LogP contribution in [0.15, 0.2) is 0 Å². The van der Waals surface area contributed by atoms with Crippen LogP contribution in [0.3, 0.4) is 0 Å². The Kier molecular flexibility index (Phi) is 10.1. The summed E-state index contributed by atoms with van der Waals surface area (Å²) in [6, 6.07) is 0. The van der Waals surface area contributed by atoms with Gasteiger partial charge in [0.05, 0.1) is 45.9 Å². The summed E-state index contributed by atoms with van der Waals surface area (Å²) in [6.45, 7) is 1.51. The van der Waals surface area contributed by atoms with E-state index < -0.39 is 29.9 Å². The Hall–Kier alpha value is -1.71. The Morgan fingerprint density at radius 3 is 1.55 bits per heavy atom. The van der Waals surface area contributed by atoms with E-state index in [0.717, 1.165) is 0 Å². The Morgan fingerprint density at radius 1 is 0.773 bits per heavy atom. The van der Waals surface area contributed by atoms with Gasteiger partial charge in [0, 0.05) is 5.41 Å². The second kappa shape index (κ2) is 10.9. The maximum Gasteiger partial charge on any atom is 0.329 e. The van der Waals surface area contributed by atoms with E-state index in [2.05, 4.69) is 0 Å². The number of hydrogen-bond donors (Lipinski definition) is 3. The Bertz CT molecular complexity index is 345. The summed E-state index contributed by atoms with van der Waals surface area (Å²) >= 11 is 0. The van der Waals surface area contributed by atoms with E-state index in [-0.39, 0.29) is 45.9 Å². The molecule has 0 fully saturated rings. The molecular formula is C13H22O9. The molecule has 0 bridgehead atoms. The molecule has 0 aromatic carbocycles. The minimum atomic E-state index is -1.11. The van der Waals surface area contributed by atoms with Gasteiger partial charge in [0.25, 0.3) is 0 Å². The fraction of sp³-hybridized carbons (Fsp3) is 0.769. The summed E-state index contributed by atoms with van der Waals surface area (Å²) in [4.78, 5) is 31.2. The molecule has 0 aromatic heterocycles. The van der Waals surface area contributed by atoms with Crippen molar-refractivity contribution in [1.29, 1.82) is 0 Å². The van der Waals surface area contributed by atoms with Gasteiger partial charge < -0.3 is 29.5 Å². The molecule has 9 nitrogen and oxygen atoms in total. The van der Waals surface area contributed by atoms with Crippen LogP contribution in [0.2, 0.25) is 0 Å². The number of carboxylic acids is 3. The maximum atomic E-state index is 10.4. The third-order valence-electron chi connectivity index (χ3n) is 2.50. The van der Waals surface area contributed by atoms with Gasteiger partial charge in [0.1, 0.15) is 6.61 Å². The molecule has 0 saturated carbocycles. The molecule has 0 unspecified atom stereocenters. The smallest absolute Gasteiger partial charge is 0.329 e. The van der Waals surface area contributed by atoms with Crippen LogP contribution < -0.4 is 0 Å². The van der Waals surface area contributed by atoms with Gasteiger partial charge in [0.2, 0.25) is 0 Å². The van der Waals surface area contributed by atoms with Crippen LogP contribution in [-0.4, -0.2) is 72.9 Å². The molecule has 0 saturated heterocycles. The van der Waals surface area contributed by atoms with Crippen molar-refractivity contribution in [3.05, 3.63) is 0 Å². The largest absolute Gasteiger partial charge is 0.481 e. The summed E-state index contributed by atoms with van der Waals surface area (Å²) in [5.74, 6) is -3.08. The minimum Gasteiger partial charge on any atom is -0.481 e. The number of carbonyl (C=O) groups is 3. The molecule has 22 heavy (non-hydrogen) atoms. The highest BCUT2D eigenvalue weighted by Gasteiger charge is 2.26. The van der Waals surface area contributed by atoms with E-state index in [1.54, 1.807) is 6.92 Å². The van der Waals surface area contributed by atoms with Crippen LogP contribution in [0.1, 0.15) is 19.8 Å². The van der Waals surface area contributed by atoms with Crippen LogP contribution in [0.5, 0.6) is 0 Å². The Morgan fingerprint density at radius 2 is 1.18 bits per heavy atom. The minimum absolute atomic E-state index is 0.0129. The molecule has 0 aromatic rings. The molecule has 0 aliphatic rings. The second-order valence-corrected chi connectivity index (χ2v) is 5.09. The summed E-state index contributed by atoms with van der Waals surface area (Å²) in [5, 5.41) is 25.6. The standard InChI is InChI=1S/C13H22O9/c1-13(9-22-6-12(18)19,7-20-4-2-10(14)15)8-21-5-3-11(16)17/h2-9H2,1H3,(H,14,15)(H,16,17)(H,18,19). The highest BCUT2D eigenvalue weighted by Crippen LogP contribution is 2.18. The van der Waals surface area contributed by atoms with E-state index in [1.165, 1.54) is 0 Å².